The van der Waals surface area contributed by atoms with E-state index in [0.717, 1.165) is 37.3 Å². The number of carbonyl (C=O) groups excluding carboxylic acids is 2. The van der Waals surface area contributed by atoms with Gasteiger partial charge in [0.05, 0.1) is 18.5 Å². The minimum absolute atomic E-state index is 0.0110. The molecule has 0 saturated carbocycles. The number of hydrogen-bond acceptors (Lipinski definition) is 3. The summed E-state index contributed by atoms with van der Waals surface area (Å²) in [6.07, 6.45) is 1.68. The van der Waals surface area contributed by atoms with Crippen molar-refractivity contribution in [1.29, 1.82) is 0 Å². The lowest BCUT2D eigenvalue weighted by atomic mass is 9.93. The molecule has 7 nitrogen and oxygen atoms in total. The molecule has 0 spiro atoms. The topological polar surface area (TPSA) is 98.7 Å². The van der Waals surface area contributed by atoms with Crippen LogP contribution in [0.25, 0.3) is 5.57 Å². The van der Waals surface area contributed by atoms with Crippen LogP contribution in [0.3, 0.4) is 0 Å². The molecular formula is C31H29BrF3N3O4. The fourth-order valence-corrected chi connectivity index (χ4v) is 5.05. The Kier molecular flexibility index (Phi) is 10.1. The van der Waals surface area contributed by atoms with Crippen LogP contribution in [0.15, 0.2) is 77.3 Å². The summed E-state index contributed by atoms with van der Waals surface area (Å²) in [5.41, 5.74) is 2.90. The SMILES string of the molecule is O=C(O)CCNC(=O)c1ccc(CN(C(=O)Nc2ccc(Br)c(C(F)(F)F)c2)c2ccc(C3=CCCCC3)cc2)cc1. The third-order valence-electron chi connectivity index (χ3n) is 6.79. The van der Waals surface area contributed by atoms with Crippen molar-refractivity contribution in [2.45, 2.75) is 44.8 Å². The Morgan fingerprint density at radius 3 is 2.29 bits per heavy atom. The van der Waals surface area contributed by atoms with Crippen LogP contribution in [0.1, 0.15) is 59.2 Å². The molecule has 0 unspecified atom stereocenters. The van der Waals surface area contributed by atoms with Gasteiger partial charge in [-0.3, -0.25) is 14.5 Å². The number of alkyl halides is 3. The lowest BCUT2D eigenvalue weighted by Gasteiger charge is -2.24. The molecule has 220 valence electrons. The highest BCUT2D eigenvalue weighted by atomic mass is 79.9. The molecule has 0 bridgehead atoms. The van der Waals surface area contributed by atoms with E-state index in [-0.39, 0.29) is 29.7 Å². The zero-order valence-electron chi connectivity index (χ0n) is 22.5. The summed E-state index contributed by atoms with van der Waals surface area (Å²) < 4.78 is 40.2. The van der Waals surface area contributed by atoms with Crippen LogP contribution in [0.2, 0.25) is 0 Å². The molecule has 1 aliphatic carbocycles. The van der Waals surface area contributed by atoms with Crippen LogP contribution in [0, 0.1) is 0 Å². The molecule has 11 heteroatoms. The average molecular weight is 644 g/mol. The lowest BCUT2D eigenvalue weighted by molar-refractivity contribution is -0.138. The van der Waals surface area contributed by atoms with Crippen molar-refractivity contribution in [3.05, 3.63) is 99.5 Å². The number of urea groups is 1. The van der Waals surface area contributed by atoms with Gasteiger partial charge >= 0.3 is 18.2 Å². The number of carboxylic acids is 1. The summed E-state index contributed by atoms with van der Waals surface area (Å²) in [7, 11) is 0. The first-order valence-electron chi connectivity index (χ1n) is 13.3. The number of amides is 3. The van der Waals surface area contributed by atoms with Gasteiger partial charge in [-0.05, 0) is 84.8 Å². The number of nitrogens with one attached hydrogen (secondary N) is 2. The second-order valence-corrected chi connectivity index (χ2v) is 10.7. The van der Waals surface area contributed by atoms with Crippen LogP contribution < -0.4 is 15.5 Å². The fourth-order valence-electron chi connectivity index (χ4n) is 4.58. The van der Waals surface area contributed by atoms with Gasteiger partial charge in [-0.25, -0.2) is 4.79 Å². The number of allylic oxidation sites excluding steroid dienone is 2. The lowest BCUT2D eigenvalue weighted by Crippen LogP contribution is -2.34. The van der Waals surface area contributed by atoms with Crippen molar-refractivity contribution < 1.29 is 32.7 Å². The van der Waals surface area contributed by atoms with Gasteiger partial charge in [0.1, 0.15) is 0 Å². The maximum Gasteiger partial charge on any atom is 0.417 e. The summed E-state index contributed by atoms with van der Waals surface area (Å²) in [6.45, 7) is 0.0559. The highest BCUT2D eigenvalue weighted by Crippen LogP contribution is 2.36. The van der Waals surface area contributed by atoms with Gasteiger partial charge in [-0.15, -0.1) is 0 Å². The zero-order valence-corrected chi connectivity index (χ0v) is 24.1. The number of nitrogens with zero attached hydrogens (tertiary/aromatic N) is 1. The van der Waals surface area contributed by atoms with E-state index in [9.17, 15) is 27.6 Å². The summed E-state index contributed by atoms with van der Waals surface area (Å²) in [5.74, 6) is -1.45. The summed E-state index contributed by atoms with van der Waals surface area (Å²) in [5, 5.41) is 13.9. The number of hydrogen-bond donors (Lipinski definition) is 3. The van der Waals surface area contributed by atoms with Crippen molar-refractivity contribution in [1.82, 2.24) is 5.32 Å². The highest BCUT2D eigenvalue weighted by Gasteiger charge is 2.33. The van der Waals surface area contributed by atoms with E-state index in [1.54, 1.807) is 36.4 Å². The van der Waals surface area contributed by atoms with E-state index >= 15 is 0 Å². The summed E-state index contributed by atoms with van der Waals surface area (Å²) in [4.78, 5) is 37.9. The molecule has 0 heterocycles. The number of anilines is 2. The quantitative estimate of drug-likeness (QED) is 0.221. The Hall–Kier alpha value is -4.12. The molecule has 3 aromatic rings. The number of halogens is 4. The standard InChI is InChI=1S/C31H29BrF3N3O4/c32-27-15-12-24(18-26(27)31(33,34)35)37-30(42)38(25-13-10-22(11-14-25)21-4-2-1-3-5-21)19-20-6-8-23(9-7-20)29(41)36-17-16-28(39)40/h4,6-15,18H,1-3,5,16-17,19H2,(H,36,41)(H,37,42)(H,39,40). The molecule has 0 radical (unpaired) electrons. The van der Waals surface area contributed by atoms with Crippen molar-refractivity contribution in [2.24, 2.45) is 0 Å². The second kappa shape index (κ2) is 13.7. The molecule has 0 fully saturated rings. The summed E-state index contributed by atoms with van der Waals surface area (Å²) in [6, 6.07) is 16.8. The molecule has 3 amide bonds. The van der Waals surface area contributed by atoms with Gasteiger partial charge in [0.15, 0.2) is 0 Å². The van der Waals surface area contributed by atoms with E-state index in [1.165, 1.54) is 22.6 Å². The maximum absolute atomic E-state index is 13.5. The van der Waals surface area contributed by atoms with Crippen molar-refractivity contribution in [3.8, 4) is 0 Å². The molecule has 0 aromatic heterocycles. The maximum atomic E-state index is 13.5. The van der Waals surface area contributed by atoms with Gasteiger partial charge in [0, 0.05) is 28.0 Å². The fraction of sp³-hybridized carbons (Fsp3) is 0.258. The molecule has 4 rings (SSSR count). The van der Waals surface area contributed by atoms with Gasteiger partial charge < -0.3 is 15.7 Å². The number of carbonyl (C=O) groups is 3. The van der Waals surface area contributed by atoms with Gasteiger partial charge in [-0.1, -0.05) is 46.3 Å². The Bertz CT molecular complexity index is 1470. The van der Waals surface area contributed by atoms with Crippen LogP contribution in [0.4, 0.5) is 29.3 Å². The minimum atomic E-state index is -4.61. The molecule has 0 atom stereocenters. The largest absolute Gasteiger partial charge is 0.481 e. The van der Waals surface area contributed by atoms with Gasteiger partial charge in [0.25, 0.3) is 5.91 Å². The van der Waals surface area contributed by atoms with Crippen LogP contribution >= 0.6 is 15.9 Å². The number of rotatable bonds is 9. The van der Waals surface area contributed by atoms with Crippen molar-refractivity contribution >= 4 is 50.8 Å². The first-order chi connectivity index (χ1) is 20.0. The monoisotopic (exact) mass is 643 g/mol. The van der Waals surface area contributed by atoms with E-state index in [4.69, 9.17) is 5.11 Å². The normalized spacial score (nSPS) is 13.2. The second-order valence-electron chi connectivity index (χ2n) is 9.83. The van der Waals surface area contributed by atoms with E-state index in [0.29, 0.717) is 16.8 Å². The predicted octanol–water partition coefficient (Wildman–Crippen LogP) is 7.87. The van der Waals surface area contributed by atoms with E-state index in [1.807, 2.05) is 12.1 Å². The molecule has 1 aliphatic rings. The smallest absolute Gasteiger partial charge is 0.417 e. The molecule has 0 aliphatic heterocycles. The molecular weight excluding hydrogens is 615 g/mol. The van der Waals surface area contributed by atoms with Crippen molar-refractivity contribution in [2.75, 3.05) is 16.8 Å². The number of carboxylic acid groups (broad SMARTS) is 1. The van der Waals surface area contributed by atoms with E-state index in [2.05, 4.69) is 32.6 Å². The van der Waals surface area contributed by atoms with Crippen LogP contribution in [-0.4, -0.2) is 29.6 Å². The summed E-state index contributed by atoms with van der Waals surface area (Å²) >= 11 is 2.92. The average Bonchev–Trinajstić information content (AvgIpc) is 2.97. The first kappa shape index (κ1) is 30.8. The minimum Gasteiger partial charge on any atom is -0.481 e. The van der Waals surface area contributed by atoms with Gasteiger partial charge in [-0.2, -0.15) is 13.2 Å². The highest BCUT2D eigenvalue weighted by molar-refractivity contribution is 9.10. The zero-order chi connectivity index (χ0) is 30.3. The Morgan fingerprint density at radius 2 is 1.67 bits per heavy atom. The Labute approximate surface area is 249 Å². The molecule has 0 saturated heterocycles. The Morgan fingerprint density at radius 1 is 0.952 bits per heavy atom. The van der Waals surface area contributed by atoms with Crippen LogP contribution in [-0.2, 0) is 17.5 Å². The van der Waals surface area contributed by atoms with Gasteiger partial charge in [0.2, 0.25) is 0 Å². The predicted molar refractivity (Wildman–Crippen MR) is 158 cm³/mol. The Balaban J connectivity index is 1.57. The van der Waals surface area contributed by atoms with Crippen LogP contribution in [0.5, 0.6) is 0 Å². The van der Waals surface area contributed by atoms with E-state index < -0.39 is 29.6 Å². The molecule has 3 aromatic carbocycles. The first-order valence-corrected chi connectivity index (χ1v) is 14.1. The third-order valence-corrected chi connectivity index (χ3v) is 7.48. The molecule has 3 N–H and O–H groups in total. The van der Waals surface area contributed by atoms with Crippen molar-refractivity contribution in [3.63, 3.8) is 0 Å². The molecule has 42 heavy (non-hydrogen) atoms. The number of benzene rings is 3. The number of aliphatic carboxylic acids is 1. The third kappa shape index (κ3) is 8.22.